The summed E-state index contributed by atoms with van der Waals surface area (Å²) in [6, 6.07) is 10.2. The number of hydrogen-bond donors (Lipinski definition) is 1. The molecular weight excluding hydrogens is 432 g/mol. The molecule has 1 N–H and O–H groups in total. The van der Waals surface area contributed by atoms with Gasteiger partial charge in [0.05, 0.1) is 11.4 Å². The normalized spacial score (nSPS) is 15.7. The number of piperidine rings is 1. The quantitative estimate of drug-likeness (QED) is 0.578. The minimum atomic E-state index is -3.69. The lowest BCUT2D eigenvalue weighted by atomic mass is 9.97. The summed E-state index contributed by atoms with van der Waals surface area (Å²) >= 11 is 0. The Morgan fingerprint density at radius 2 is 2.00 bits per heavy atom. The number of aromatic nitrogens is 2. The van der Waals surface area contributed by atoms with Crippen LogP contribution in [0.15, 0.2) is 50.2 Å². The van der Waals surface area contributed by atoms with Gasteiger partial charge in [-0.2, -0.15) is 9.29 Å². The van der Waals surface area contributed by atoms with Crippen LogP contribution >= 0.6 is 0 Å². The van der Waals surface area contributed by atoms with Gasteiger partial charge >= 0.3 is 0 Å². The molecule has 0 spiro atoms. The van der Waals surface area contributed by atoms with Crippen molar-refractivity contribution >= 4 is 15.9 Å². The van der Waals surface area contributed by atoms with Gasteiger partial charge in [0.1, 0.15) is 11.5 Å². The van der Waals surface area contributed by atoms with Gasteiger partial charge in [0.2, 0.25) is 27.6 Å². The van der Waals surface area contributed by atoms with Crippen molar-refractivity contribution in [3.63, 3.8) is 0 Å². The topological polar surface area (TPSA) is 119 Å². The molecule has 0 unspecified atom stereocenters. The summed E-state index contributed by atoms with van der Waals surface area (Å²) < 4.78 is 38.4. The minimum absolute atomic E-state index is 0.0815. The maximum absolute atomic E-state index is 13.2. The average Bonchev–Trinajstić information content (AvgIpc) is 3.46. The maximum atomic E-state index is 13.2. The van der Waals surface area contributed by atoms with Crippen molar-refractivity contribution in [3.8, 4) is 11.4 Å². The average molecular weight is 459 g/mol. The van der Waals surface area contributed by atoms with Crippen LogP contribution in [0, 0.1) is 12.8 Å². The summed E-state index contributed by atoms with van der Waals surface area (Å²) in [6.07, 6.45) is 1.54. The highest BCUT2D eigenvalue weighted by atomic mass is 32.2. The van der Waals surface area contributed by atoms with Crippen molar-refractivity contribution in [2.75, 3.05) is 13.1 Å². The first-order chi connectivity index (χ1) is 15.4. The molecular formula is C22H26N4O5S. The van der Waals surface area contributed by atoms with E-state index in [4.69, 9.17) is 8.94 Å². The zero-order valence-electron chi connectivity index (χ0n) is 18.1. The molecule has 3 heterocycles. The van der Waals surface area contributed by atoms with Crippen molar-refractivity contribution in [1.82, 2.24) is 19.8 Å². The first-order valence-electron chi connectivity index (χ1n) is 10.6. The van der Waals surface area contributed by atoms with E-state index >= 15 is 0 Å². The van der Waals surface area contributed by atoms with Gasteiger partial charge in [-0.3, -0.25) is 4.79 Å². The first kappa shape index (κ1) is 22.2. The molecule has 2 aromatic heterocycles. The third-order valence-electron chi connectivity index (χ3n) is 5.56. The molecule has 0 bridgehead atoms. The van der Waals surface area contributed by atoms with E-state index in [1.54, 1.807) is 24.3 Å². The molecule has 3 aromatic rings. The summed E-state index contributed by atoms with van der Waals surface area (Å²) in [5.74, 6) is 2.04. The van der Waals surface area contributed by atoms with Gasteiger partial charge in [-0.25, -0.2) is 8.42 Å². The Kier molecular flexibility index (Phi) is 6.43. The number of carbonyl (C=O) groups is 1. The zero-order valence-corrected chi connectivity index (χ0v) is 18.9. The SMILES string of the molecule is CCc1nc(-c2cccc(S(=O)(=O)N3CCC(C(=O)NCc4ccc(C)o4)CC3)c2)no1. The third kappa shape index (κ3) is 4.76. The maximum Gasteiger partial charge on any atom is 0.243 e. The minimum Gasteiger partial charge on any atom is -0.465 e. The highest BCUT2D eigenvalue weighted by molar-refractivity contribution is 7.89. The Labute approximate surface area is 186 Å². The molecule has 10 heteroatoms. The summed E-state index contributed by atoms with van der Waals surface area (Å²) in [6.45, 7) is 4.65. The van der Waals surface area contributed by atoms with Crippen LogP contribution in [0.2, 0.25) is 0 Å². The second kappa shape index (κ2) is 9.25. The van der Waals surface area contributed by atoms with Crippen LogP contribution in [0.3, 0.4) is 0 Å². The van der Waals surface area contributed by atoms with Gasteiger partial charge in [-0.1, -0.05) is 24.2 Å². The van der Waals surface area contributed by atoms with Crippen LogP contribution in [0.25, 0.3) is 11.4 Å². The Morgan fingerprint density at radius 1 is 1.22 bits per heavy atom. The smallest absolute Gasteiger partial charge is 0.243 e. The van der Waals surface area contributed by atoms with E-state index in [1.165, 1.54) is 4.31 Å². The van der Waals surface area contributed by atoms with Crippen LogP contribution in [-0.4, -0.2) is 41.9 Å². The molecule has 0 saturated carbocycles. The molecule has 1 saturated heterocycles. The fourth-order valence-corrected chi connectivity index (χ4v) is 5.23. The predicted molar refractivity (Wildman–Crippen MR) is 116 cm³/mol. The number of furan rings is 1. The molecule has 1 amide bonds. The van der Waals surface area contributed by atoms with E-state index in [0.717, 1.165) is 5.76 Å². The third-order valence-corrected chi connectivity index (χ3v) is 7.45. The molecule has 0 atom stereocenters. The van der Waals surface area contributed by atoms with E-state index in [2.05, 4.69) is 15.5 Å². The molecule has 4 rings (SSSR count). The van der Waals surface area contributed by atoms with E-state index in [1.807, 2.05) is 26.0 Å². The van der Waals surface area contributed by atoms with Crippen LogP contribution < -0.4 is 5.32 Å². The number of nitrogens with zero attached hydrogens (tertiary/aromatic N) is 3. The molecule has 1 aliphatic rings. The number of hydrogen-bond acceptors (Lipinski definition) is 7. The molecule has 9 nitrogen and oxygen atoms in total. The van der Waals surface area contributed by atoms with Gasteiger partial charge in [-0.15, -0.1) is 0 Å². The van der Waals surface area contributed by atoms with E-state index in [9.17, 15) is 13.2 Å². The Hall–Kier alpha value is -2.98. The summed E-state index contributed by atoms with van der Waals surface area (Å²) in [5, 5.41) is 6.79. The lowest BCUT2D eigenvalue weighted by Gasteiger charge is -2.30. The number of benzene rings is 1. The van der Waals surface area contributed by atoms with Crippen molar-refractivity contribution in [1.29, 1.82) is 0 Å². The number of carbonyl (C=O) groups excluding carboxylic acids is 1. The second-order valence-electron chi connectivity index (χ2n) is 7.80. The largest absolute Gasteiger partial charge is 0.465 e. The van der Waals surface area contributed by atoms with E-state index in [-0.39, 0.29) is 29.8 Å². The number of rotatable bonds is 7. The lowest BCUT2D eigenvalue weighted by molar-refractivity contribution is -0.126. The van der Waals surface area contributed by atoms with E-state index in [0.29, 0.717) is 48.8 Å². The van der Waals surface area contributed by atoms with Crippen molar-refractivity contribution in [2.24, 2.45) is 5.92 Å². The van der Waals surface area contributed by atoms with Gasteiger partial charge in [-0.05, 0) is 44.0 Å². The second-order valence-corrected chi connectivity index (χ2v) is 9.74. The van der Waals surface area contributed by atoms with E-state index < -0.39 is 10.0 Å². The number of amides is 1. The molecule has 1 aliphatic heterocycles. The Bertz CT molecular complexity index is 1190. The summed E-state index contributed by atoms with van der Waals surface area (Å²) in [5.41, 5.74) is 0.581. The Balaban J connectivity index is 1.38. The highest BCUT2D eigenvalue weighted by Crippen LogP contribution is 2.26. The number of nitrogens with one attached hydrogen (secondary N) is 1. The fourth-order valence-electron chi connectivity index (χ4n) is 3.72. The van der Waals surface area contributed by atoms with Crippen molar-refractivity contribution in [2.45, 2.75) is 44.6 Å². The van der Waals surface area contributed by atoms with Crippen molar-refractivity contribution in [3.05, 3.63) is 53.8 Å². The monoisotopic (exact) mass is 458 g/mol. The Morgan fingerprint density at radius 3 is 2.66 bits per heavy atom. The summed E-state index contributed by atoms with van der Waals surface area (Å²) in [4.78, 5) is 16.9. The number of aryl methyl sites for hydroxylation is 2. The van der Waals surface area contributed by atoms with Crippen LogP contribution in [0.5, 0.6) is 0 Å². The zero-order chi connectivity index (χ0) is 22.7. The molecule has 32 heavy (non-hydrogen) atoms. The van der Waals surface area contributed by atoms with Crippen LogP contribution in [0.4, 0.5) is 0 Å². The molecule has 1 aromatic carbocycles. The molecule has 0 aliphatic carbocycles. The summed E-state index contributed by atoms with van der Waals surface area (Å²) in [7, 11) is -3.69. The van der Waals surface area contributed by atoms with Crippen molar-refractivity contribution < 1.29 is 22.2 Å². The highest BCUT2D eigenvalue weighted by Gasteiger charge is 2.32. The predicted octanol–water partition coefficient (Wildman–Crippen LogP) is 2.92. The van der Waals surface area contributed by atoms with Gasteiger partial charge < -0.3 is 14.3 Å². The van der Waals surface area contributed by atoms with Gasteiger partial charge in [0.15, 0.2) is 0 Å². The number of sulfonamides is 1. The lowest BCUT2D eigenvalue weighted by Crippen LogP contribution is -2.42. The van der Waals surface area contributed by atoms with Gasteiger partial charge in [0, 0.05) is 31.0 Å². The molecule has 0 radical (unpaired) electrons. The standard InChI is InChI=1S/C22H26N4O5S/c1-3-20-24-21(25-31-20)17-5-4-6-19(13-17)32(28,29)26-11-9-16(10-12-26)22(27)23-14-18-8-7-15(2)30-18/h4-8,13,16H,3,9-12,14H2,1-2H3,(H,23,27). The van der Waals surface area contributed by atoms with Crippen LogP contribution in [0.1, 0.15) is 37.2 Å². The first-order valence-corrected chi connectivity index (χ1v) is 12.1. The molecule has 170 valence electrons. The fraction of sp³-hybridized carbons (Fsp3) is 0.409. The molecule has 1 fully saturated rings. The van der Waals surface area contributed by atoms with Crippen LogP contribution in [-0.2, 0) is 27.8 Å². The van der Waals surface area contributed by atoms with Gasteiger partial charge in [0.25, 0.3) is 0 Å².